The number of nitrogens with one attached hydrogen (secondary N) is 1. The summed E-state index contributed by atoms with van der Waals surface area (Å²) < 4.78 is 0. The van der Waals surface area contributed by atoms with Gasteiger partial charge in [-0.25, -0.2) is 0 Å². The second-order valence-electron chi connectivity index (χ2n) is 8.52. The molecule has 27 heavy (non-hydrogen) atoms. The van der Waals surface area contributed by atoms with Crippen molar-refractivity contribution in [3.63, 3.8) is 0 Å². The van der Waals surface area contributed by atoms with Crippen molar-refractivity contribution in [3.05, 3.63) is 59.7 Å². The molecule has 1 rings (SSSR count). The van der Waals surface area contributed by atoms with Crippen molar-refractivity contribution in [2.75, 3.05) is 6.54 Å². The predicted molar refractivity (Wildman–Crippen MR) is 122 cm³/mol. The molecule has 152 valence electrons. The molecule has 1 nitrogen and oxygen atoms in total. The van der Waals surface area contributed by atoms with Crippen LogP contribution in [0.1, 0.15) is 72.8 Å². The molecule has 0 aliphatic rings. The highest BCUT2D eigenvalue weighted by atomic mass is 14.9. The highest BCUT2D eigenvalue weighted by Gasteiger charge is 2.20. The third-order valence-corrected chi connectivity index (χ3v) is 6.03. The number of allylic oxidation sites excluding steroid dienone is 2. The van der Waals surface area contributed by atoms with E-state index < -0.39 is 0 Å². The van der Waals surface area contributed by atoms with Crippen molar-refractivity contribution in [1.29, 1.82) is 0 Å². The van der Waals surface area contributed by atoms with Gasteiger partial charge in [0.2, 0.25) is 0 Å². The second kappa shape index (κ2) is 12.9. The second-order valence-corrected chi connectivity index (χ2v) is 8.52. The number of unbranched alkanes of at least 4 members (excludes halogenated alkanes) is 1. The van der Waals surface area contributed by atoms with Crippen LogP contribution >= 0.6 is 0 Å². The van der Waals surface area contributed by atoms with Gasteiger partial charge in [0.05, 0.1) is 0 Å². The SMILES string of the molecule is C=C/C(=C(/CC(C)NCCCCc1ccccc1)C(C)C)C(C)C(C)CC. The molecule has 0 bridgehead atoms. The lowest BCUT2D eigenvalue weighted by Crippen LogP contribution is -2.29. The molecule has 1 N–H and O–H groups in total. The van der Waals surface area contributed by atoms with E-state index in [1.54, 1.807) is 5.57 Å². The molecule has 1 aromatic rings. The van der Waals surface area contributed by atoms with Crippen LogP contribution in [0, 0.1) is 17.8 Å². The summed E-state index contributed by atoms with van der Waals surface area (Å²) in [5, 5.41) is 3.75. The Morgan fingerprint density at radius 2 is 1.70 bits per heavy atom. The first-order valence-electron chi connectivity index (χ1n) is 11.0. The highest BCUT2D eigenvalue weighted by molar-refractivity contribution is 5.29. The molecular formula is C26H43N. The minimum atomic E-state index is 0.512. The number of hydrogen-bond acceptors (Lipinski definition) is 1. The number of hydrogen-bond donors (Lipinski definition) is 1. The quantitative estimate of drug-likeness (QED) is 0.286. The third kappa shape index (κ3) is 8.47. The van der Waals surface area contributed by atoms with Gasteiger partial charge in [0.1, 0.15) is 0 Å². The molecule has 1 heteroatoms. The molecule has 0 radical (unpaired) electrons. The monoisotopic (exact) mass is 369 g/mol. The van der Waals surface area contributed by atoms with Crippen LogP contribution in [0.4, 0.5) is 0 Å². The van der Waals surface area contributed by atoms with Crippen LogP contribution in [0.2, 0.25) is 0 Å². The molecule has 0 heterocycles. The lowest BCUT2D eigenvalue weighted by atomic mass is 9.80. The van der Waals surface area contributed by atoms with Gasteiger partial charge >= 0.3 is 0 Å². The molecular weight excluding hydrogens is 326 g/mol. The zero-order chi connectivity index (χ0) is 20.2. The fraction of sp³-hybridized carbons (Fsp3) is 0.615. The normalized spacial score (nSPS) is 16.0. The summed E-state index contributed by atoms with van der Waals surface area (Å²) in [4.78, 5) is 0. The first-order chi connectivity index (χ1) is 12.9. The summed E-state index contributed by atoms with van der Waals surface area (Å²) in [6.45, 7) is 19.3. The van der Waals surface area contributed by atoms with E-state index in [0.717, 1.165) is 13.0 Å². The number of aryl methyl sites for hydroxylation is 1. The van der Waals surface area contributed by atoms with Crippen molar-refractivity contribution in [3.8, 4) is 0 Å². The lowest BCUT2D eigenvalue weighted by molar-refractivity contribution is 0.422. The minimum Gasteiger partial charge on any atom is -0.314 e. The lowest BCUT2D eigenvalue weighted by Gasteiger charge is -2.27. The molecule has 3 unspecified atom stereocenters. The van der Waals surface area contributed by atoms with Crippen LogP contribution in [0.5, 0.6) is 0 Å². The van der Waals surface area contributed by atoms with E-state index in [4.69, 9.17) is 0 Å². The molecule has 0 aromatic heterocycles. The molecule has 0 fully saturated rings. The zero-order valence-corrected chi connectivity index (χ0v) is 18.7. The molecule has 1 aromatic carbocycles. The fourth-order valence-corrected chi connectivity index (χ4v) is 3.81. The Bertz CT molecular complexity index is 555. The standard InChI is InChI=1S/C26H43N/c1-8-21(5)23(7)25(9-2)26(20(3)4)19-22(6)27-18-14-13-17-24-15-11-10-12-16-24/h9-12,15-16,20-23,27H,2,8,13-14,17-19H2,1,3-7H3/b26-25+. The van der Waals surface area contributed by atoms with Crippen molar-refractivity contribution in [2.45, 2.75) is 79.7 Å². The van der Waals surface area contributed by atoms with Crippen LogP contribution in [0.25, 0.3) is 0 Å². The van der Waals surface area contributed by atoms with Gasteiger partial charge in [-0.1, -0.05) is 89.6 Å². The zero-order valence-electron chi connectivity index (χ0n) is 18.7. The van der Waals surface area contributed by atoms with Gasteiger partial charge in [0.15, 0.2) is 0 Å². The molecule has 3 atom stereocenters. The van der Waals surface area contributed by atoms with Crippen LogP contribution in [-0.2, 0) is 6.42 Å². The van der Waals surface area contributed by atoms with Gasteiger partial charge in [0.25, 0.3) is 0 Å². The maximum atomic E-state index is 4.15. The Hall–Kier alpha value is -1.34. The van der Waals surface area contributed by atoms with Gasteiger partial charge in [-0.15, -0.1) is 0 Å². The van der Waals surface area contributed by atoms with E-state index in [0.29, 0.717) is 23.8 Å². The summed E-state index contributed by atoms with van der Waals surface area (Å²) in [7, 11) is 0. The van der Waals surface area contributed by atoms with Gasteiger partial charge < -0.3 is 5.32 Å². The summed E-state index contributed by atoms with van der Waals surface area (Å²) in [6.07, 6.45) is 8.13. The average Bonchev–Trinajstić information content (AvgIpc) is 2.67. The van der Waals surface area contributed by atoms with E-state index in [9.17, 15) is 0 Å². The van der Waals surface area contributed by atoms with Gasteiger partial charge in [-0.05, 0) is 68.0 Å². The average molecular weight is 370 g/mol. The molecule has 0 aliphatic heterocycles. The van der Waals surface area contributed by atoms with Crippen molar-refractivity contribution < 1.29 is 0 Å². The number of rotatable bonds is 13. The Labute approximate surface area is 169 Å². The molecule has 0 amide bonds. The van der Waals surface area contributed by atoms with Crippen LogP contribution in [0.3, 0.4) is 0 Å². The minimum absolute atomic E-state index is 0.512. The first-order valence-corrected chi connectivity index (χ1v) is 11.0. The summed E-state index contributed by atoms with van der Waals surface area (Å²) in [5.74, 6) is 1.86. The van der Waals surface area contributed by atoms with Gasteiger partial charge in [0, 0.05) is 6.04 Å². The third-order valence-electron chi connectivity index (χ3n) is 6.03. The number of benzene rings is 1. The van der Waals surface area contributed by atoms with Crippen LogP contribution in [-0.4, -0.2) is 12.6 Å². The van der Waals surface area contributed by atoms with Crippen molar-refractivity contribution in [1.82, 2.24) is 5.32 Å². The smallest absolute Gasteiger partial charge is 0.00762 e. The first kappa shape index (κ1) is 23.7. The van der Waals surface area contributed by atoms with Crippen LogP contribution in [0.15, 0.2) is 54.1 Å². The summed E-state index contributed by atoms with van der Waals surface area (Å²) in [6, 6.07) is 11.3. The van der Waals surface area contributed by atoms with E-state index in [1.807, 2.05) is 0 Å². The van der Waals surface area contributed by atoms with E-state index >= 15 is 0 Å². The Balaban J connectivity index is 2.53. The Morgan fingerprint density at radius 3 is 2.26 bits per heavy atom. The van der Waals surface area contributed by atoms with Gasteiger partial charge in [-0.3, -0.25) is 0 Å². The maximum absolute atomic E-state index is 4.15. The van der Waals surface area contributed by atoms with Crippen LogP contribution < -0.4 is 5.32 Å². The predicted octanol–water partition coefficient (Wildman–Crippen LogP) is 7.20. The highest BCUT2D eigenvalue weighted by Crippen LogP contribution is 2.31. The summed E-state index contributed by atoms with van der Waals surface area (Å²) in [5.41, 5.74) is 4.52. The summed E-state index contributed by atoms with van der Waals surface area (Å²) >= 11 is 0. The van der Waals surface area contributed by atoms with E-state index in [-0.39, 0.29) is 0 Å². The largest absolute Gasteiger partial charge is 0.314 e. The van der Waals surface area contributed by atoms with Crippen molar-refractivity contribution in [2.24, 2.45) is 17.8 Å². The molecule has 0 saturated carbocycles. The maximum Gasteiger partial charge on any atom is 0.00762 e. The topological polar surface area (TPSA) is 12.0 Å². The molecule has 0 saturated heterocycles. The Morgan fingerprint density at radius 1 is 1.04 bits per heavy atom. The van der Waals surface area contributed by atoms with Crippen molar-refractivity contribution >= 4 is 0 Å². The van der Waals surface area contributed by atoms with Gasteiger partial charge in [-0.2, -0.15) is 0 Å². The molecule has 0 aliphatic carbocycles. The molecule has 0 spiro atoms. The van der Waals surface area contributed by atoms with E-state index in [1.165, 1.54) is 36.8 Å². The fourth-order valence-electron chi connectivity index (χ4n) is 3.81. The Kier molecular flexibility index (Phi) is 11.4. The van der Waals surface area contributed by atoms with E-state index in [2.05, 4.69) is 89.8 Å².